The third-order valence-electron chi connectivity index (χ3n) is 5.18. The first-order chi connectivity index (χ1) is 17.6. The van der Waals surface area contributed by atoms with Crippen LogP contribution in [-0.4, -0.2) is 158 Å². The minimum Gasteiger partial charge on any atom is -0.480 e. The number of carboxylic acid groups (broad SMARTS) is 1. The lowest BCUT2D eigenvalue weighted by Gasteiger charge is -2.24. The van der Waals surface area contributed by atoms with Gasteiger partial charge < -0.3 is 40.2 Å². The van der Waals surface area contributed by atoms with Crippen molar-refractivity contribution in [1.82, 2.24) is 35.1 Å². The van der Waals surface area contributed by atoms with Crippen molar-refractivity contribution < 1.29 is 43.5 Å². The molecule has 0 aliphatic carbocycles. The maximum atomic E-state index is 12.4. The van der Waals surface area contributed by atoms with E-state index in [0.29, 0.717) is 0 Å². The first kappa shape index (κ1) is 33.8. The molecule has 7 amide bonds. The second-order valence-corrected chi connectivity index (χ2v) is 8.55. The SMILES string of the molecule is CCC(=O)N(C)CC(=O)N(C)CC(=O)NCC(=O)N(C)CC(=O)N(C)CC(=O)N(C)CC(=O)NCC(=O)O. The Balaban J connectivity index is 4.53. The quantitative estimate of drug-likeness (QED) is 0.184. The molecule has 0 saturated heterocycles. The smallest absolute Gasteiger partial charge is 0.322 e. The zero-order valence-electron chi connectivity index (χ0n) is 22.6. The second kappa shape index (κ2) is 16.5. The molecule has 0 aliphatic rings. The standard InChI is InChI=1S/C22H37N7O9/c1-7-17(32)27(4)12-19(34)25(2)10-15(30)23-8-18(33)28(5)13-21(36)29(6)14-20(35)26(3)11-16(31)24-9-22(37)38/h7-14H2,1-6H3,(H,23,30)(H,24,31)(H,37,38). The number of carbonyl (C=O) groups excluding carboxylic acids is 7. The van der Waals surface area contributed by atoms with E-state index in [9.17, 15) is 38.4 Å². The topological polar surface area (TPSA) is 197 Å². The summed E-state index contributed by atoms with van der Waals surface area (Å²) in [6, 6.07) is 0. The molecular formula is C22H37N7O9. The Labute approximate surface area is 220 Å². The van der Waals surface area contributed by atoms with Crippen LogP contribution >= 0.6 is 0 Å². The van der Waals surface area contributed by atoms with Gasteiger partial charge in [0.15, 0.2) is 0 Å². The van der Waals surface area contributed by atoms with Gasteiger partial charge >= 0.3 is 5.97 Å². The van der Waals surface area contributed by atoms with Gasteiger partial charge in [0.25, 0.3) is 0 Å². The highest BCUT2D eigenvalue weighted by molar-refractivity contribution is 5.92. The monoisotopic (exact) mass is 543 g/mol. The van der Waals surface area contributed by atoms with Crippen molar-refractivity contribution >= 4 is 47.3 Å². The van der Waals surface area contributed by atoms with Gasteiger partial charge in [0, 0.05) is 41.7 Å². The maximum Gasteiger partial charge on any atom is 0.322 e. The van der Waals surface area contributed by atoms with Crippen molar-refractivity contribution in [3.05, 3.63) is 0 Å². The Kier molecular flexibility index (Phi) is 14.7. The van der Waals surface area contributed by atoms with Crippen LogP contribution in [0.3, 0.4) is 0 Å². The number of aliphatic carboxylic acids is 1. The van der Waals surface area contributed by atoms with E-state index in [-0.39, 0.29) is 32.0 Å². The molecule has 0 bridgehead atoms. The van der Waals surface area contributed by atoms with Gasteiger partial charge in [0.2, 0.25) is 41.4 Å². The molecule has 0 saturated carbocycles. The fourth-order valence-electron chi connectivity index (χ4n) is 2.71. The van der Waals surface area contributed by atoms with Crippen LogP contribution in [0.5, 0.6) is 0 Å². The van der Waals surface area contributed by atoms with Crippen LogP contribution in [0.1, 0.15) is 13.3 Å². The number of hydrogen-bond donors (Lipinski definition) is 3. The Hall–Kier alpha value is -4.24. The molecule has 0 rings (SSSR count). The summed E-state index contributed by atoms with van der Waals surface area (Å²) in [6.45, 7) is -1.07. The van der Waals surface area contributed by atoms with Crippen LogP contribution in [0.2, 0.25) is 0 Å². The molecule has 0 atom stereocenters. The third kappa shape index (κ3) is 13.2. The molecule has 0 radical (unpaired) electrons. The van der Waals surface area contributed by atoms with Crippen molar-refractivity contribution in [2.24, 2.45) is 0 Å². The highest BCUT2D eigenvalue weighted by atomic mass is 16.4. The van der Waals surface area contributed by atoms with Crippen molar-refractivity contribution in [3.8, 4) is 0 Å². The molecular weight excluding hydrogens is 506 g/mol. The summed E-state index contributed by atoms with van der Waals surface area (Å²) in [7, 11) is 6.83. The van der Waals surface area contributed by atoms with Gasteiger partial charge in [-0.25, -0.2) is 0 Å². The number of nitrogens with zero attached hydrogens (tertiary/aromatic N) is 5. The lowest BCUT2D eigenvalue weighted by molar-refractivity contribution is -0.143. The fourth-order valence-corrected chi connectivity index (χ4v) is 2.71. The molecule has 0 unspecified atom stereocenters. The lowest BCUT2D eigenvalue weighted by Crippen LogP contribution is -2.48. The molecule has 16 nitrogen and oxygen atoms in total. The van der Waals surface area contributed by atoms with Crippen LogP contribution in [0.4, 0.5) is 0 Å². The van der Waals surface area contributed by atoms with E-state index in [1.807, 2.05) is 0 Å². The van der Waals surface area contributed by atoms with Crippen LogP contribution < -0.4 is 10.6 Å². The molecule has 16 heteroatoms. The lowest BCUT2D eigenvalue weighted by atomic mass is 10.3. The maximum absolute atomic E-state index is 12.4. The van der Waals surface area contributed by atoms with Gasteiger partial charge in [-0.15, -0.1) is 0 Å². The van der Waals surface area contributed by atoms with Crippen molar-refractivity contribution in [2.75, 3.05) is 81.1 Å². The Morgan fingerprint density at radius 3 is 1.18 bits per heavy atom. The van der Waals surface area contributed by atoms with Crippen molar-refractivity contribution in [1.29, 1.82) is 0 Å². The van der Waals surface area contributed by atoms with Crippen molar-refractivity contribution in [3.63, 3.8) is 0 Å². The molecule has 3 N–H and O–H groups in total. The Morgan fingerprint density at radius 2 is 0.816 bits per heavy atom. The van der Waals surface area contributed by atoms with E-state index in [0.717, 1.165) is 19.6 Å². The predicted octanol–water partition coefficient (Wildman–Crippen LogP) is -3.99. The summed E-state index contributed by atoms with van der Waals surface area (Å²) >= 11 is 0. The number of carbonyl (C=O) groups is 8. The zero-order chi connectivity index (χ0) is 29.6. The average molecular weight is 544 g/mol. The van der Waals surface area contributed by atoms with Gasteiger partial charge in [-0.3, -0.25) is 38.4 Å². The van der Waals surface area contributed by atoms with Gasteiger partial charge in [-0.05, 0) is 0 Å². The van der Waals surface area contributed by atoms with E-state index >= 15 is 0 Å². The summed E-state index contributed by atoms with van der Waals surface area (Å²) < 4.78 is 0. The van der Waals surface area contributed by atoms with Crippen molar-refractivity contribution in [2.45, 2.75) is 13.3 Å². The summed E-state index contributed by atoms with van der Waals surface area (Å²) in [4.78, 5) is 100. The zero-order valence-corrected chi connectivity index (χ0v) is 22.6. The number of likely N-dealkylation sites (N-methyl/N-ethyl adjacent to an activating group) is 5. The number of hydrogen-bond acceptors (Lipinski definition) is 8. The molecule has 38 heavy (non-hydrogen) atoms. The predicted molar refractivity (Wildman–Crippen MR) is 132 cm³/mol. The molecule has 0 spiro atoms. The Morgan fingerprint density at radius 1 is 0.500 bits per heavy atom. The van der Waals surface area contributed by atoms with E-state index in [1.54, 1.807) is 6.92 Å². The highest BCUT2D eigenvalue weighted by Crippen LogP contribution is 1.96. The normalized spacial score (nSPS) is 10.1. The molecule has 0 heterocycles. The summed E-state index contributed by atoms with van der Waals surface area (Å²) in [6.07, 6.45) is 0.240. The van der Waals surface area contributed by atoms with Crippen LogP contribution in [0.25, 0.3) is 0 Å². The van der Waals surface area contributed by atoms with Gasteiger partial charge in [0.05, 0.1) is 39.3 Å². The summed E-state index contributed by atoms with van der Waals surface area (Å²) in [5, 5.41) is 13.0. The highest BCUT2D eigenvalue weighted by Gasteiger charge is 2.22. The van der Waals surface area contributed by atoms with E-state index in [2.05, 4.69) is 10.6 Å². The number of nitrogens with one attached hydrogen (secondary N) is 2. The minimum absolute atomic E-state index is 0.191. The molecule has 214 valence electrons. The van der Waals surface area contributed by atoms with E-state index < -0.39 is 67.6 Å². The number of carboxylic acids is 1. The van der Waals surface area contributed by atoms with Crippen LogP contribution in [-0.2, 0) is 38.4 Å². The molecule has 0 aromatic rings. The summed E-state index contributed by atoms with van der Waals surface area (Å²) in [5.74, 6) is -4.97. The largest absolute Gasteiger partial charge is 0.480 e. The Bertz CT molecular complexity index is 925. The molecule has 0 aromatic heterocycles. The van der Waals surface area contributed by atoms with E-state index in [1.165, 1.54) is 40.1 Å². The van der Waals surface area contributed by atoms with Gasteiger partial charge in [-0.1, -0.05) is 6.92 Å². The van der Waals surface area contributed by atoms with E-state index in [4.69, 9.17) is 5.11 Å². The number of rotatable bonds is 15. The first-order valence-corrected chi connectivity index (χ1v) is 11.5. The average Bonchev–Trinajstić information content (AvgIpc) is 2.84. The third-order valence-corrected chi connectivity index (χ3v) is 5.18. The second-order valence-electron chi connectivity index (χ2n) is 8.55. The first-order valence-electron chi connectivity index (χ1n) is 11.5. The van der Waals surface area contributed by atoms with Gasteiger partial charge in [-0.2, -0.15) is 0 Å². The molecule has 0 fully saturated rings. The summed E-state index contributed by atoms with van der Waals surface area (Å²) in [5.41, 5.74) is 0. The minimum atomic E-state index is -1.23. The van der Waals surface area contributed by atoms with Gasteiger partial charge in [0.1, 0.15) is 6.54 Å². The molecule has 0 aromatic carbocycles. The molecule has 0 aliphatic heterocycles. The van der Waals surface area contributed by atoms with Crippen LogP contribution in [0.15, 0.2) is 0 Å². The van der Waals surface area contributed by atoms with Crippen LogP contribution in [0, 0.1) is 0 Å². The number of amides is 7. The fraction of sp³-hybridized carbons (Fsp3) is 0.636.